The first kappa shape index (κ1) is 20.3. The molecule has 0 aromatic carbocycles. The summed E-state index contributed by atoms with van der Waals surface area (Å²) in [5.74, 6) is 3.87. The van der Waals surface area contributed by atoms with Gasteiger partial charge in [0.15, 0.2) is 5.76 Å². The van der Waals surface area contributed by atoms with E-state index in [1.54, 1.807) is 0 Å². The van der Waals surface area contributed by atoms with E-state index in [0.29, 0.717) is 11.8 Å². The van der Waals surface area contributed by atoms with Gasteiger partial charge in [0.2, 0.25) is 0 Å². The van der Waals surface area contributed by atoms with E-state index in [1.807, 2.05) is 13.8 Å². The monoisotopic (exact) mass is 414 g/mol. The van der Waals surface area contributed by atoms with E-state index in [9.17, 15) is 0 Å². The molecule has 0 spiro atoms. The maximum Gasteiger partial charge on any atom is 0.183 e. The molecule has 0 unspecified atom stereocenters. The lowest BCUT2D eigenvalue weighted by Crippen LogP contribution is -2.34. The number of piperidine rings is 1. The van der Waals surface area contributed by atoms with Gasteiger partial charge in [0, 0.05) is 17.4 Å². The highest BCUT2D eigenvalue weighted by molar-refractivity contribution is 7.09. The summed E-state index contributed by atoms with van der Waals surface area (Å²) in [6.07, 6.45) is 4.26. The lowest BCUT2D eigenvalue weighted by Gasteiger charge is -2.31. The highest BCUT2D eigenvalue weighted by atomic mass is 32.1. The second-order valence-corrected chi connectivity index (χ2v) is 8.92. The normalized spacial score (nSPS) is 17.1. The predicted octanol–water partition coefficient (Wildman–Crippen LogP) is 5.34. The quantitative estimate of drug-likeness (QED) is 0.520. The van der Waals surface area contributed by atoms with Gasteiger partial charge in [-0.25, -0.2) is 0 Å². The van der Waals surface area contributed by atoms with Gasteiger partial charge >= 0.3 is 0 Å². The van der Waals surface area contributed by atoms with Crippen molar-refractivity contribution >= 4 is 11.5 Å². The minimum atomic E-state index is 0.445. The number of aryl methyl sites for hydroxylation is 2. The molecule has 0 saturated carbocycles. The molecule has 3 aromatic heterocycles. The molecule has 1 atom stereocenters. The first-order valence-electron chi connectivity index (χ1n) is 10.6. The molecule has 156 valence electrons. The van der Waals surface area contributed by atoms with Gasteiger partial charge in [-0.05, 0) is 82.8 Å². The van der Waals surface area contributed by atoms with Crippen LogP contribution in [0.1, 0.15) is 73.4 Å². The van der Waals surface area contributed by atoms with Crippen LogP contribution in [0.4, 0.5) is 0 Å². The van der Waals surface area contributed by atoms with E-state index in [1.165, 1.54) is 17.1 Å². The number of likely N-dealkylation sites (tertiary alicyclic amines) is 1. The van der Waals surface area contributed by atoms with Crippen LogP contribution in [0.25, 0.3) is 10.6 Å². The lowest BCUT2D eigenvalue weighted by molar-refractivity contribution is 0.203. The highest BCUT2D eigenvalue weighted by Crippen LogP contribution is 2.38. The second-order valence-electron chi connectivity index (χ2n) is 8.17. The molecule has 29 heavy (non-hydrogen) atoms. The molecular weight excluding hydrogens is 384 g/mol. The van der Waals surface area contributed by atoms with Crippen molar-refractivity contribution in [3.05, 3.63) is 40.6 Å². The summed E-state index contributed by atoms with van der Waals surface area (Å²) in [4.78, 5) is 3.64. The molecule has 1 saturated heterocycles. The van der Waals surface area contributed by atoms with Crippen LogP contribution in [0.5, 0.6) is 0 Å². The smallest absolute Gasteiger partial charge is 0.183 e. The summed E-state index contributed by atoms with van der Waals surface area (Å²) >= 11 is 1.43. The number of hydrogen-bond donors (Lipinski definition) is 0. The Morgan fingerprint density at radius 2 is 2.03 bits per heavy atom. The average molecular weight is 415 g/mol. The molecule has 1 fully saturated rings. The van der Waals surface area contributed by atoms with Gasteiger partial charge in [-0.15, -0.1) is 5.10 Å². The maximum absolute atomic E-state index is 5.78. The van der Waals surface area contributed by atoms with E-state index in [4.69, 9.17) is 8.94 Å². The van der Waals surface area contributed by atoms with Crippen LogP contribution >= 0.6 is 11.5 Å². The third-order valence-corrected chi connectivity index (χ3v) is 6.90. The third-order valence-electron chi connectivity index (χ3n) is 6.16. The van der Waals surface area contributed by atoms with E-state index < -0.39 is 0 Å². The van der Waals surface area contributed by atoms with Crippen molar-refractivity contribution in [3.63, 3.8) is 0 Å². The van der Waals surface area contributed by atoms with Crippen LogP contribution in [0.15, 0.2) is 21.1 Å². The molecular formula is C22H30N4O2S. The average Bonchev–Trinajstić information content (AvgIpc) is 3.46. The zero-order valence-corrected chi connectivity index (χ0v) is 18.6. The molecule has 1 aliphatic heterocycles. The number of nitrogens with zero attached hydrogens (tertiary/aromatic N) is 4. The number of furan rings is 1. The number of hydrogen-bond acceptors (Lipinski definition) is 7. The van der Waals surface area contributed by atoms with Crippen LogP contribution in [-0.2, 0) is 6.42 Å². The van der Waals surface area contributed by atoms with Gasteiger partial charge in [0.05, 0.1) is 11.4 Å². The molecule has 6 nitrogen and oxygen atoms in total. The van der Waals surface area contributed by atoms with Crippen molar-refractivity contribution in [2.24, 2.45) is 0 Å². The van der Waals surface area contributed by atoms with Crippen LogP contribution in [0.2, 0.25) is 0 Å². The van der Waals surface area contributed by atoms with Gasteiger partial charge in [0.1, 0.15) is 16.4 Å². The molecule has 4 heterocycles. The molecule has 0 aliphatic carbocycles. The first-order chi connectivity index (χ1) is 14.1. The van der Waals surface area contributed by atoms with E-state index in [-0.39, 0.29) is 0 Å². The summed E-state index contributed by atoms with van der Waals surface area (Å²) in [6, 6.07) is 4.16. The van der Waals surface area contributed by atoms with Crippen LogP contribution in [-0.4, -0.2) is 39.3 Å². The van der Waals surface area contributed by atoms with Crippen molar-refractivity contribution in [1.29, 1.82) is 0 Å². The van der Waals surface area contributed by atoms with Crippen molar-refractivity contribution in [2.45, 2.75) is 65.2 Å². The zero-order valence-electron chi connectivity index (χ0n) is 17.8. The Kier molecular flexibility index (Phi) is 6.15. The standard InChI is InChI=1S/C22H30N4O2S/c1-5-18-16(4)24-28-21(18)22-20(23-25-29-22)17-9-12-26(13-10-17)11-8-14(2)19-7-6-15(3)27-19/h6-7,14,17H,5,8-13H2,1-4H3/t14-/m0/s1. The van der Waals surface area contributed by atoms with Crippen molar-refractivity contribution in [1.82, 2.24) is 19.6 Å². The molecule has 0 amide bonds. The van der Waals surface area contributed by atoms with Gasteiger partial charge in [-0.1, -0.05) is 23.5 Å². The Bertz CT molecular complexity index is 936. The number of rotatable bonds is 7. The SMILES string of the molecule is CCc1c(C)noc1-c1snnc1C1CCN(CC[C@H](C)c2ccc(C)o2)CC1. The van der Waals surface area contributed by atoms with Crippen molar-refractivity contribution < 1.29 is 8.94 Å². The van der Waals surface area contributed by atoms with Gasteiger partial charge < -0.3 is 13.8 Å². The highest BCUT2D eigenvalue weighted by Gasteiger charge is 2.28. The zero-order chi connectivity index (χ0) is 20.4. The summed E-state index contributed by atoms with van der Waals surface area (Å²) in [6.45, 7) is 11.7. The van der Waals surface area contributed by atoms with Gasteiger partial charge in [0.25, 0.3) is 0 Å². The van der Waals surface area contributed by atoms with E-state index in [0.717, 1.165) is 78.9 Å². The Labute approximate surface area is 176 Å². The number of aromatic nitrogens is 3. The Hall–Kier alpha value is -1.99. The molecule has 3 aromatic rings. The Balaban J connectivity index is 1.35. The van der Waals surface area contributed by atoms with Gasteiger partial charge in [-0.2, -0.15) is 0 Å². The van der Waals surface area contributed by atoms with Crippen LogP contribution in [0, 0.1) is 13.8 Å². The molecule has 7 heteroatoms. The first-order valence-corrected chi connectivity index (χ1v) is 11.4. The lowest BCUT2D eigenvalue weighted by atomic mass is 9.91. The minimum Gasteiger partial charge on any atom is -0.466 e. The summed E-state index contributed by atoms with van der Waals surface area (Å²) in [7, 11) is 0. The third kappa shape index (κ3) is 4.31. The Morgan fingerprint density at radius 1 is 1.24 bits per heavy atom. The van der Waals surface area contributed by atoms with Crippen molar-refractivity contribution in [2.75, 3.05) is 19.6 Å². The van der Waals surface area contributed by atoms with Crippen LogP contribution < -0.4 is 0 Å². The predicted molar refractivity (Wildman–Crippen MR) is 114 cm³/mol. The fraction of sp³-hybridized carbons (Fsp3) is 0.591. The minimum absolute atomic E-state index is 0.445. The summed E-state index contributed by atoms with van der Waals surface area (Å²) in [5.41, 5.74) is 3.24. The summed E-state index contributed by atoms with van der Waals surface area (Å²) < 4.78 is 15.7. The molecule has 0 radical (unpaired) electrons. The molecule has 4 rings (SSSR count). The Morgan fingerprint density at radius 3 is 2.72 bits per heavy atom. The van der Waals surface area contributed by atoms with Crippen LogP contribution in [0.3, 0.4) is 0 Å². The second kappa shape index (κ2) is 8.79. The molecule has 1 aliphatic rings. The maximum atomic E-state index is 5.78. The fourth-order valence-corrected chi connectivity index (χ4v) is 5.03. The topological polar surface area (TPSA) is 68.2 Å². The van der Waals surface area contributed by atoms with E-state index in [2.05, 4.69) is 45.6 Å². The molecule has 0 N–H and O–H groups in total. The van der Waals surface area contributed by atoms with Crippen molar-refractivity contribution in [3.8, 4) is 10.6 Å². The summed E-state index contributed by atoms with van der Waals surface area (Å²) in [5, 5.41) is 8.66. The fourth-order valence-electron chi connectivity index (χ4n) is 4.27. The van der Waals surface area contributed by atoms with E-state index >= 15 is 0 Å². The molecule has 0 bridgehead atoms. The van der Waals surface area contributed by atoms with Gasteiger partial charge in [-0.3, -0.25) is 0 Å². The largest absolute Gasteiger partial charge is 0.466 e.